The van der Waals surface area contributed by atoms with Crippen molar-refractivity contribution in [2.45, 2.75) is 32.2 Å². The summed E-state index contributed by atoms with van der Waals surface area (Å²) in [6, 6.07) is 9.52. The van der Waals surface area contributed by atoms with Gasteiger partial charge in [0.2, 0.25) is 5.91 Å². The van der Waals surface area contributed by atoms with Gasteiger partial charge in [0, 0.05) is 10.9 Å². The SMILES string of the molecule is CC(C)(CCBr)NC(=O)CCOc1ccccc1. The highest BCUT2D eigenvalue weighted by molar-refractivity contribution is 9.09. The van der Waals surface area contributed by atoms with Crippen LogP contribution in [-0.4, -0.2) is 23.4 Å². The van der Waals surface area contributed by atoms with E-state index in [0.717, 1.165) is 17.5 Å². The molecule has 0 aliphatic rings. The Bertz CT molecular complexity index is 365. The Kier molecular flexibility index (Phi) is 6.19. The Morgan fingerprint density at radius 1 is 1.33 bits per heavy atom. The molecule has 3 nitrogen and oxygen atoms in total. The molecule has 4 heteroatoms. The van der Waals surface area contributed by atoms with Crippen molar-refractivity contribution in [3.63, 3.8) is 0 Å². The monoisotopic (exact) mass is 313 g/mol. The zero-order chi connectivity index (χ0) is 13.4. The quantitative estimate of drug-likeness (QED) is 0.785. The lowest BCUT2D eigenvalue weighted by Gasteiger charge is -2.25. The summed E-state index contributed by atoms with van der Waals surface area (Å²) in [5.41, 5.74) is -0.173. The molecule has 0 aliphatic carbocycles. The van der Waals surface area contributed by atoms with E-state index in [4.69, 9.17) is 4.74 Å². The van der Waals surface area contributed by atoms with E-state index in [1.54, 1.807) is 0 Å². The van der Waals surface area contributed by atoms with Crippen LogP contribution >= 0.6 is 15.9 Å². The lowest BCUT2D eigenvalue weighted by molar-refractivity contribution is -0.123. The number of carbonyl (C=O) groups is 1. The molecule has 0 saturated carbocycles. The van der Waals surface area contributed by atoms with Crippen LogP contribution in [-0.2, 0) is 4.79 Å². The molecule has 0 fully saturated rings. The molecule has 0 aromatic heterocycles. The van der Waals surface area contributed by atoms with E-state index in [1.807, 2.05) is 44.2 Å². The van der Waals surface area contributed by atoms with Gasteiger partial charge in [0.05, 0.1) is 13.0 Å². The summed E-state index contributed by atoms with van der Waals surface area (Å²) in [5, 5.41) is 3.87. The number of hydrogen-bond donors (Lipinski definition) is 1. The van der Waals surface area contributed by atoms with Crippen LogP contribution in [0.5, 0.6) is 5.75 Å². The van der Waals surface area contributed by atoms with E-state index in [2.05, 4.69) is 21.2 Å². The first-order chi connectivity index (χ1) is 8.53. The molecule has 0 unspecified atom stereocenters. The average molecular weight is 314 g/mol. The summed E-state index contributed by atoms with van der Waals surface area (Å²) in [4.78, 5) is 11.7. The lowest BCUT2D eigenvalue weighted by atomic mass is 10.0. The molecular weight excluding hydrogens is 294 g/mol. The van der Waals surface area contributed by atoms with E-state index in [1.165, 1.54) is 0 Å². The molecule has 0 atom stereocenters. The molecule has 0 heterocycles. The zero-order valence-corrected chi connectivity index (χ0v) is 12.5. The minimum Gasteiger partial charge on any atom is -0.493 e. The summed E-state index contributed by atoms with van der Waals surface area (Å²) in [6.45, 7) is 4.44. The predicted molar refractivity (Wildman–Crippen MR) is 77.2 cm³/mol. The van der Waals surface area contributed by atoms with Crippen molar-refractivity contribution in [3.8, 4) is 5.75 Å². The second kappa shape index (κ2) is 7.41. The molecule has 0 saturated heterocycles. The van der Waals surface area contributed by atoms with E-state index >= 15 is 0 Å². The van der Waals surface area contributed by atoms with E-state index < -0.39 is 0 Å². The highest BCUT2D eigenvalue weighted by Crippen LogP contribution is 2.11. The third kappa shape index (κ3) is 6.05. The highest BCUT2D eigenvalue weighted by atomic mass is 79.9. The Morgan fingerprint density at radius 2 is 2.00 bits per heavy atom. The highest BCUT2D eigenvalue weighted by Gasteiger charge is 2.19. The van der Waals surface area contributed by atoms with Crippen molar-refractivity contribution in [2.24, 2.45) is 0 Å². The van der Waals surface area contributed by atoms with Gasteiger partial charge in [-0.15, -0.1) is 0 Å². The van der Waals surface area contributed by atoms with E-state index in [0.29, 0.717) is 13.0 Å². The average Bonchev–Trinajstić information content (AvgIpc) is 2.29. The van der Waals surface area contributed by atoms with Crippen LogP contribution in [0.1, 0.15) is 26.7 Å². The van der Waals surface area contributed by atoms with Crippen molar-refractivity contribution < 1.29 is 9.53 Å². The number of hydrogen-bond acceptors (Lipinski definition) is 2. The van der Waals surface area contributed by atoms with Gasteiger partial charge in [-0.2, -0.15) is 0 Å². The van der Waals surface area contributed by atoms with Crippen molar-refractivity contribution in [3.05, 3.63) is 30.3 Å². The summed E-state index contributed by atoms with van der Waals surface area (Å²) >= 11 is 3.38. The zero-order valence-electron chi connectivity index (χ0n) is 10.9. The first-order valence-corrected chi connectivity index (χ1v) is 7.20. The molecule has 0 bridgehead atoms. The van der Waals surface area contributed by atoms with Crippen LogP contribution in [0.4, 0.5) is 0 Å². The van der Waals surface area contributed by atoms with Crippen LogP contribution in [0, 0.1) is 0 Å². The smallest absolute Gasteiger partial charge is 0.223 e. The maximum absolute atomic E-state index is 11.7. The number of benzene rings is 1. The van der Waals surface area contributed by atoms with E-state index in [-0.39, 0.29) is 11.4 Å². The van der Waals surface area contributed by atoms with Crippen molar-refractivity contribution >= 4 is 21.8 Å². The van der Waals surface area contributed by atoms with Gasteiger partial charge in [0.1, 0.15) is 5.75 Å². The molecule has 0 radical (unpaired) electrons. The summed E-state index contributed by atoms with van der Waals surface area (Å²) in [6.07, 6.45) is 1.28. The molecule has 1 N–H and O–H groups in total. The minimum absolute atomic E-state index is 0.0249. The number of para-hydroxylation sites is 1. The topological polar surface area (TPSA) is 38.3 Å². The van der Waals surface area contributed by atoms with Gasteiger partial charge in [-0.1, -0.05) is 34.1 Å². The second-order valence-corrected chi connectivity index (χ2v) is 5.58. The molecular formula is C14H20BrNO2. The fraction of sp³-hybridized carbons (Fsp3) is 0.500. The Balaban J connectivity index is 2.25. The van der Waals surface area contributed by atoms with Crippen molar-refractivity contribution in [1.82, 2.24) is 5.32 Å². The summed E-state index contributed by atoms with van der Waals surface area (Å²) < 4.78 is 5.48. The summed E-state index contributed by atoms with van der Waals surface area (Å²) in [5.74, 6) is 0.821. The predicted octanol–water partition coefficient (Wildman–Crippen LogP) is 3.14. The maximum atomic E-state index is 11.7. The third-order valence-electron chi connectivity index (χ3n) is 2.54. The Hall–Kier alpha value is -1.03. The Labute approximate surface area is 117 Å². The normalized spacial score (nSPS) is 11.1. The Morgan fingerprint density at radius 3 is 2.61 bits per heavy atom. The van der Waals surface area contributed by atoms with Crippen LogP contribution in [0.15, 0.2) is 30.3 Å². The maximum Gasteiger partial charge on any atom is 0.223 e. The van der Waals surface area contributed by atoms with Gasteiger partial charge < -0.3 is 10.1 Å². The van der Waals surface area contributed by atoms with Crippen LogP contribution in [0.25, 0.3) is 0 Å². The number of alkyl halides is 1. The number of amides is 1. The molecule has 100 valence electrons. The summed E-state index contributed by atoms with van der Waals surface area (Å²) in [7, 11) is 0. The molecule has 1 aromatic rings. The first kappa shape index (κ1) is 15.0. The van der Waals surface area contributed by atoms with Gasteiger partial charge in [-0.3, -0.25) is 4.79 Å². The molecule has 0 spiro atoms. The lowest BCUT2D eigenvalue weighted by Crippen LogP contribution is -2.44. The number of ether oxygens (including phenoxy) is 1. The van der Waals surface area contributed by atoms with Gasteiger partial charge in [-0.05, 0) is 32.4 Å². The molecule has 1 aromatic carbocycles. The largest absolute Gasteiger partial charge is 0.493 e. The van der Waals surface area contributed by atoms with Crippen molar-refractivity contribution in [2.75, 3.05) is 11.9 Å². The fourth-order valence-electron chi connectivity index (χ4n) is 1.52. The second-order valence-electron chi connectivity index (χ2n) is 4.78. The number of halogens is 1. The van der Waals surface area contributed by atoms with Gasteiger partial charge in [0.15, 0.2) is 0 Å². The fourth-order valence-corrected chi connectivity index (χ4v) is 2.51. The van der Waals surface area contributed by atoms with Gasteiger partial charge in [-0.25, -0.2) is 0 Å². The number of nitrogens with one attached hydrogen (secondary N) is 1. The van der Waals surface area contributed by atoms with Crippen LogP contribution in [0.2, 0.25) is 0 Å². The number of carbonyl (C=O) groups excluding carboxylic acids is 1. The van der Waals surface area contributed by atoms with Crippen molar-refractivity contribution in [1.29, 1.82) is 0 Å². The molecule has 1 amide bonds. The standard InChI is InChI=1S/C14H20BrNO2/c1-14(2,9-10-15)16-13(17)8-11-18-12-6-4-3-5-7-12/h3-7H,8-11H2,1-2H3,(H,16,17). The van der Waals surface area contributed by atoms with Crippen LogP contribution in [0.3, 0.4) is 0 Å². The third-order valence-corrected chi connectivity index (χ3v) is 2.93. The van der Waals surface area contributed by atoms with E-state index in [9.17, 15) is 4.79 Å². The molecule has 1 rings (SSSR count). The van der Waals surface area contributed by atoms with Gasteiger partial charge >= 0.3 is 0 Å². The molecule has 0 aliphatic heterocycles. The number of rotatable bonds is 7. The van der Waals surface area contributed by atoms with Crippen LogP contribution < -0.4 is 10.1 Å². The molecule has 18 heavy (non-hydrogen) atoms. The minimum atomic E-state index is -0.173. The first-order valence-electron chi connectivity index (χ1n) is 6.08. The van der Waals surface area contributed by atoms with Gasteiger partial charge in [0.25, 0.3) is 0 Å².